The molecule has 16 heavy (non-hydrogen) atoms. The number of carbonyl (C=O) groups excluding carboxylic acids is 1. The number of carbonyl (C=O) groups is 1. The number of rotatable bonds is 6. The molecule has 5 heteroatoms. The fourth-order valence-electron chi connectivity index (χ4n) is 1.14. The van der Waals surface area contributed by atoms with Crippen LogP contribution in [0.15, 0.2) is 24.3 Å². The lowest BCUT2D eigenvalue weighted by molar-refractivity contribution is -0.119. The minimum absolute atomic E-state index is 0.0612. The molecule has 0 aromatic heterocycles. The van der Waals surface area contributed by atoms with Crippen LogP contribution in [0.3, 0.4) is 0 Å². The number of ether oxygens (including phenoxy) is 1. The maximum absolute atomic E-state index is 11.3. The molecule has 0 radical (unpaired) electrons. The van der Waals surface area contributed by atoms with Gasteiger partial charge in [0.15, 0.2) is 0 Å². The van der Waals surface area contributed by atoms with Crippen molar-refractivity contribution >= 4 is 17.3 Å². The molecule has 0 aliphatic rings. The molecule has 1 amide bonds. The van der Waals surface area contributed by atoms with Crippen LogP contribution in [0.4, 0.5) is 11.4 Å². The Morgan fingerprint density at radius 3 is 2.69 bits per heavy atom. The summed E-state index contributed by atoms with van der Waals surface area (Å²) in [6, 6.07) is 7.23. The summed E-state index contributed by atoms with van der Waals surface area (Å²) < 4.78 is 4.82. The molecule has 4 N–H and O–H groups in total. The van der Waals surface area contributed by atoms with E-state index >= 15 is 0 Å². The van der Waals surface area contributed by atoms with Gasteiger partial charge in [-0.2, -0.15) is 0 Å². The Labute approximate surface area is 95.0 Å². The smallest absolute Gasteiger partial charge is 0.239 e. The highest BCUT2D eigenvalue weighted by atomic mass is 16.5. The van der Waals surface area contributed by atoms with E-state index in [0.29, 0.717) is 18.8 Å². The zero-order valence-electron chi connectivity index (χ0n) is 9.32. The van der Waals surface area contributed by atoms with Crippen LogP contribution in [0, 0.1) is 0 Å². The van der Waals surface area contributed by atoms with Gasteiger partial charge in [0.05, 0.1) is 13.2 Å². The molecule has 1 rings (SSSR count). The average molecular weight is 223 g/mol. The third-order valence-corrected chi connectivity index (χ3v) is 1.99. The quantitative estimate of drug-likeness (QED) is 0.483. The van der Waals surface area contributed by atoms with Gasteiger partial charge in [-0.25, -0.2) is 0 Å². The molecule has 5 nitrogen and oxygen atoms in total. The summed E-state index contributed by atoms with van der Waals surface area (Å²) in [4.78, 5) is 11.3. The molecule has 1 aromatic carbocycles. The van der Waals surface area contributed by atoms with E-state index in [0.717, 1.165) is 5.69 Å². The van der Waals surface area contributed by atoms with E-state index in [1.807, 2.05) is 12.1 Å². The molecule has 0 fully saturated rings. The molecule has 1 aromatic rings. The first-order valence-electron chi connectivity index (χ1n) is 5.07. The van der Waals surface area contributed by atoms with Gasteiger partial charge in [0.2, 0.25) is 5.91 Å². The number of nitrogen functional groups attached to an aromatic ring is 1. The standard InChI is InChI=1S/C11H17N3O2/c1-16-7-6-13-11(15)8-14-10-4-2-9(12)3-5-10/h2-5,14H,6-8,12H2,1H3,(H,13,15). The second-order valence-electron chi connectivity index (χ2n) is 3.32. The largest absolute Gasteiger partial charge is 0.399 e. The number of hydrogen-bond acceptors (Lipinski definition) is 4. The molecule has 0 spiro atoms. The van der Waals surface area contributed by atoms with Crippen molar-refractivity contribution in [1.82, 2.24) is 5.32 Å². The first kappa shape index (κ1) is 12.3. The highest BCUT2D eigenvalue weighted by molar-refractivity contribution is 5.80. The van der Waals surface area contributed by atoms with E-state index in [4.69, 9.17) is 10.5 Å². The first-order chi connectivity index (χ1) is 7.72. The zero-order valence-corrected chi connectivity index (χ0v) is 9.32. The van der Waals surface area contributed by atoms with Crippen molar-refractivity contribution in [1.29, 1.82) is 0 Å². The fraction of sp³-hybridized carbons (Fsp3) is 0.364. The van der Waals surface area contributed by atoms with Crippen molar-refractivity contribution < 1.29 is 9.53 Å². The number of anilines is 2. The van der Waals surface area contributed by atoms with Crippen molar-refractivity contribution in [3.63, 3.8) is 0 Å². The third kappa shape index (κ3) is 4.65. The van der Waals surface area contributed by atoms with Crippen LogP contribution >= 0.6 is 0 Å². The third-order valence-electron chi connectivity index (χ3n) is 1.99. The Hall–Kier alpha value is -1.75. The van der Waals surface area contributed by atoms with Crippen LogP contribution in [-0.4, -0.2) is 32.7 Å². The Morgan fingerprint density at radius 1 is 1.38 bits per heavy atom. The van der Waals surface area contributed by atoms with E-state index < -0.39 is 0 Å². The maximum atomic E-state index is 11.3. The van der Waals surface area contributed by atoms with E-state index in [1.165, 1.54) is 0 Å². The summed E-state index contributed by atoms with van der Waals surface area (Å²) in [6.45, 7) is 1.29. The average Bonchev–Trinajstić information content (AvgIpc) is 2.29. The van der Waals surface area contributed by atoms with Gasteiger partial charge in [0, 0.05) is 25.0 Å². The lowest BCUT2D eigenvalue weighted by Gasteiger charge is -2.07. The van der Waals surface area contributed by atoms with Crippen LogP contribution in [0.25, 0.3) is 0 Å². The first-order valence-corrected chi connectivity index (χ1v) is 5.07. The predicted octanol–water partition coefficient (Wildman–Crippen LogP) is 0.443. The van der Waals surface area contributed by atoms with Crippen LogP contribution in [0.2, 0.25) is 0 Å². The SMILES string of the molecule is COCCNC(=O)CNc1ccc(N)cc1. The van der Waals surface area contributed by atoms with Crippen molar-refractivity contribution in [3.8, 4) is 0 Å². The summed E-state index contributed by atoms with van der Waals surface area (Å²) in [5.74, 6) is -0.0612. The predicted molar refractivity (Wildman–Crippen MR) is 64.2 cm³/mol. The Kier molecular flexibility index (Phi) is 5.15. The summed E-state index contributed by atoms with van der Waals surface area (Å²) in [7, 11) is 1.60. The Morgan fingerprint density at radius 2 is 2.06 bits per heavy atom. The van der Waals surface area contributed by atoms with E-state index in [2.05, 4.69) is 10.6 Å². The van der Waals surface area contributed by atoms with Crippen LogP contribution in [0.5, 0.6) is 0 Å². The lowest BCUT2D eigenvalue weighted by Crippen LogP contribution is -2.32. The molecule has 0 bridgehead atoms. The highest BCUT2D eigenvalue weighted by Gasteiger charge is 1.99. The van der Waals surface area contributed by atoms with Crippen LogP contribution in [0.1, 0.15) is 0 Å². The van der Waals surface area contributed by atoms with Crippen molar-refractivity contribution in [3.05, 3.63) is 24.3 Å². The molecule has 0 aliphatic heterocycles. The summed E-state index contributed by atoms with van der Waals surface area (Å²) in [5.41, 5.74) is 7.12. The Balaban J connectivity index is 2.23. The van der Waals surface area contributed by atoms with Gasteiger partial charge in [-0.3, -0.25) is 4.79 Å². The van der Waals surface area contributed by atoms with E-state index in [9.17, 15) is 4.79 Å². The van der Waals surface area contributed by atoms with Gasteiger partial charge in [0.1, 0.15) is 0 Å². The van der Waals surface area contributed by atoms with Gasteiger partial charge in [-0.05, 0) is 24.3 Å². The Bertz CT molecular complexity index is 325. The summed E-state index contributed by atoms with van der Waals surface area (Å²) in [5, 5.41) is 5.70. The number of nitrogens with one attached hydrogen (secondary N) is 2. The molecule has 0 heterocycles. The highest BCUT2D eigenvalue weighted by Crippen LogP contribution is 2.09. The van der Waals surface area contributed by atoms with Crippen LogP contribution < -0.4 is 16.4 Å². The zero-order chi connectivity index (χ0) is 11.8. The normalized spacial score (nSPS) is 9.81. The molecule has 0 atom stereocenters. The number of benzene rings is 1. The van der Waals surface area contributed by atoms with Gasteiger partial charge in [-0.15, -0.1) is 0 Å². The number of amides is 1. The molecular weight excluding hydrogens is 206 g/mol. The van der Waals surface area contributed by atoms with Crippen LogP contribution in [-0.2, 0) is 9.53 Å². The van der Waals surface area contributed by atoms with E-state index in [1.54, 1.807) is 19.2 Å². The summed E-state index contributed by atoms with van der Waals surface area (Å²) in [6.07, 6.45) is 0. The number of hydrogen-bond donors (Lipinski definition) is 3. The molecular formula is C11H17N3O2. The van der Waals surface area contributed by atoms with Crippen molar-refractivity contribution in [2.75, 3.05) is 37.9 Å². The molecule has 0 aliphatic carbocycles. The van der Waals surface area contributed by atoms with Crippen molar-refractivity contribution in [2.24, 2.45) is 0 Å². The van der Waals surface area contributed by atoms with Gasteiger partial charge < -0.3 is 21.1 Å². The maximum Gasteiger partial charge on any atom is 0.239 e. The number of nitrogens with two attached hydrogens (primary N) is 1. The number of methoxy groups -OCH3 is 1. The molecule has 0 saturated carbocycles. The topological polar surface area (TPSA) is 76.4 Å². The van der Waals surface area contributed by atoms with E-state index in [-0.39, 0.29) is 12.5 Å². The van der Waals surface area contributed by atoms with Gasteiger partial charge in [0.25, 0.3) is 0 Å². The summed E-state index contributed by atoms with van der Waals surface area (Å²) >= 11 is 0. The minimum Gasteiger partial charge on any atom is -0.399 e. The lowest BCUT2D eigenvalue weighted by atomic mass is 10.3. The molecule has 88 valence electrons. The fourth-order valence-corrected chi connectivity index (χ4v) is 1.14. The second-order valence-corrected chi connectivity index (χ2v) is 3.32. The monoisotopic (exact) mass is 223 g/mol. The molecule has 0 unspecified atom stereocenters. The van der Waals surface area contributed by atoms with Gasteiger partial charge >= 0.3 is 0 Å². The minimum atomic E-state index is -0.0612. The van der Waals surface area contributed by atoms with Gasteiger partial charge in [-0.1, -0.05) is 0 Å². The van der Waals surface area contributed by atoms with Crippen molar-refractivity contribution in [2.45, 2.75) is 0 Å². The second kappa shape index (κ2) is 6.68. The molecule has 0 saturated heterocycles.